The summed E-state index contributed by atoms with van der Waals surface area (Å²) in [6.45, 7) is 2.58. The smallest absolute Gasteiger partial charge is 0.315 e. The van der Waals surface area contributed by atoms with Crippen LogP contribution < -0.4 is 10.6 Å². The zero-order chi connectivity index (χ0) is 13.7. The van der Waals surface area contributed by atoms with Crippen LogP contribution in [0.5, 0.6) is 0 Å². The lowest BCUT2D eigenvalue weighted by atomic mass is 10.2. The van der Waals surface area contributed by atoms with E-state index in [1.54, 1.807) is 16.0 Å². The van der Waals surface area contributed by atoms with Gasteiger partial charge in [0.1, 0.15) is 0 Å². The number of amides is 2. The van der Waals surface area contributed by atoms with Crippen molar-refractivity contribution in [1.29, 1.82) is 0 Å². The number of aromatic nitrogens is 2. The minimum Gasteiger partial charge on any atom is -0.338 e. The summed E-state index contributed by atoms with van der Waals surface area (Å²) in [5.41, 5.74) is 1.12. The molecule has 2 heterocycles. The summed E-state index contributed by atoms with van der Waals surface area (Å²) in [6.07, 6.45) is 4.55. The zero-order valence-electron chi connectivity index (χ0n) is 11.1. The molecule has 2 aromatic rings. The first-order chi connectivity index (χ1) is 9.15. The molecule has 0 bridgehead atoms. The summed E-state index contributed by atoms with van der Waals surface area (Å²) >= 11 is 1.64. The van der Waals surface area contributed by atoms with Gasteiger partial charge in [-0.25, -0.2) is 4.79 Å². The van der Waals surface area contributed by atoms with Crippen molar-refractivity contribution >= 4 is 17.4 Å². The third-order valence-electron chi connectivity index (χ3n) is 2.78. The fourth-order valence-corrected chi connectivity index (χ4v) is 2.51. The molecule has 2 rings (SSSR count). The van der Waals surface area contributed by atoms with E-state index in [4.69, 9.17) is 0 Å². The molecule has 1 unspecified atom stereocenters. The number of hydrogen-bond acceptors (Lipinski definition) is 3. The third kappa shape index (κ3) is 4.10. The average molecular weight is 278 g/mol. The molecular weight excluding hydrogens is 260 g/mol. The molecule has 1 atom stereocenters. The van der Waals surface area contributed by atoms with E-state index >= 15 is 0 Å². The number of rotatable bonds is 5. The lowest BCUT2D eigenvalue weighted by Crippen LogP contribution is -2.37. The number of carbonyl (C=O) groups excluding carboxylic acids is 1. The molecule has 0 fully saturated rings. The molecule has 0 saturated heterocycles. The van der Waals surface area contributed by atoms with Crippen LogP contribution in [0, 0.1) is 0 Å². The first kappa shape index (κ1) is 13.6. The molecule has 2 aromatic heterocycles. The third-order valence-corrected chi connectivity index (χ3v) is 3.83. The van der Waals surface area contributed by atoms with Gasteiger partial charge in [-0.1, -0.05) is 6.07 Å². The molecule has 2 N–H and O–H groups in total. The molecule has 0 aliphatic carbocycles. The number of thiophene rings is 1. The Labute approximate surface area is 116 Å². The fraction of sp³-hybridized carbons (Fsp3) is 0.385. The summed E-state index contributed by atoms with van der Waals surface area (Å²) in [5.74, 6) is 0. The quantitative estimate of drug-likeness (QED) is 0.879. The van der Waals surface area contributed by atoms with Gasteiger partial charge in [-0.15, -0.1) is 11.3 Å². The van der Waals surface area contributed by atoms with E-state index in [-0.39, 0.29) is 12.1 Å². The van der Waals surface area contributed by atoms with Crippen LogP contribution >= 0.6 is 11.3 Å². The molecule has 0 spiro atoms. The molecule has 0 aromatic carbocycles. The van der Waals surface area contributed by atoms with E-state index in [2.05, 4.69) is 15.7 Å². The summed E-state index contributed by atoms with van der Waals surface area (Å²) in [5, 5.41) is 11.9. The molecule has 0 radical (unpaired) electrons. The van der Waals surface area contributed by atoms with Gasteiger partial charge in [0, 0.05) is 24.7 Å². The Morgan fingerprint density at radius 1 is 1.58 bits per heavy atom. The van der Waals surface area contributed by atoms with Crippen molar-refractivity contribution in [3.05, 3.63) is 40.3 Å². The van der Waals surface area contributed by atoms with Gasteiger partial charge in [-0.3, -0.25) is 4.68 Å². The minimum atomic E-state index is -0.134. The van der Waals surface area contributed by atoms with E-state index in [0.29, 0.717) is 6.54 Å². The highest BCUT2D eigenvalue weighted by Gasteiger charge is 2.09. The van der Waals surface area contributed by atoms with Crippen molar-refractivity contribution in [2.75, 3.05) is 6.54 Å². The van der Waals surface area contributed by atoms with Crippen molar-refractivity contribution in [2.24, 2.45) is 7.05 Å². The van der Waals surface area contributed by atoms with E-state index in [1.165, 1.54) is 0 Å². The van der Waals surface area contributed by atoms with Gasteiger partial charge in [0.15, 0.2) is 0 Å². The van der Waals surface area contributed by atoms with E-state index in [0.717, 1.165) is 16.9 Å². The van der Waals surface area contributed by atoms with Crippen LogP contribution in [0.3, 0.4) is 0 Å². The normalized spacial score (nSPS) is 12.1. The molecular formula is C13H18N4OS. The number of hydrogen-bond donors (Lipinski definition) is 2. The Kier molecular flexibility index (Phi) is 4.57. The summed E-state index contributed by atoms with van der Waals surface area (Å²) in [6, 6.07) is 3.91. The molecule has 5 nitrogen and oxygen atoms in total. The van der Waals surface area contributed by atoms with E-state index in [9.17, 15) is 4.79 Å². The Balaban J connectivity index is 1.70. The van der Waals surface area contributed by atoms with Gasteiger partial charge in [-0.05, 0) is 30.4 Å². The summed E-state index contributed by atoms with van der Waals surface area (Å²) < 4.78 is 1.76. The van der Waals surface area contributed by atoms with Crippen molar-refractivity contribution < 1.29 is 4.79 Å². The molecule has 102 valence electrons. The first-order valence-electron chi connectivity index (χ1n) is 6.20. The molecule has 19 heavy (non-hydrogen) atoms. The maximum absolute atomic E-state index is 11.7. The van der Waals surface area contributed by atoms with Gasteiger partial charge >= 0.3 is 6.03 Å². The fourth-order valence-electron chi connectivity index (χ4n) is 1.78. The van der Waals surface area contributed by atoms with Gasteiger partial charge in [0.25, 0.3) is 0 Å². The molecule has 6 heteroatoms. The van der Waals surface area contributed by atoms with Crippen LogP contribution in [-0.4, -0.2) is 22.4 Å². The van der Waals surface area contributed by atoms with Gasteiger partial charge in [0.2, 0.25) is 0 Å². The van der Waals surface area contributed by atoms with E-state index in [1.807, 2.05) is 43.9 Å². The molecule has 0 aliphatic rings. The molecule has 0 saturated carbocycles. The predicted octanol–water partition coefficient (Wildman–Crippen LogP) is 2.08. The Morgan fingerprint density at radius 3 is 3.05 bits per heavy atom. The number of aryl methyl sites for hydroxylation is 1. The van der Waals surface area contributed by atoms with Gasteiger partial charge in [0.05, 0.1) is 12.2 Å². The van der Waals surface area contributed by atoms with Crippen molar-refractivity contribution in [3.8, 4) is 0 Å². The van der Waals surface area contributed by atoms with Crippen LogP contribution in [0.2, 0.25) is 0 Å². The Hall–Kier alpha value is -1.82. The highest BCUT2D eigenvalue weighted by atomic mass is 32.1. The van der Waals surface area contributed by atoms with E-state index < -0.39 is 0 Å². The lowest BCUT2D eigenvalue weighted by molar-refractivity contribution is 0.238. The second-order valence-electron chi connectivity index (χ2n) is 4.41. The SMILES string of the molecule is CC(NC(=O)NCCc1cnn(C)c1)c1cccs1. The largest absolute Gasteiger partial charge is 0.338 e. The first-order valence-corrected chi connectivity index (χ1v) is 7.08. The van der Waals surface area contributed by atoms with Gasteiger partial charge < -0.3 is 10.6 Å². The number of carbonyl (C=O) groups is 1. The predicted molar refractivity (Wildman–Crippen MR) is 76.2 cm³/mol. The minimum absolute atomic E-state index is 0.0402. The molecule has 2 amide bonds. The Bertz CT molecular complexity index is 520. The Morgan fingerprint density at radius 2 is 2.42 bits per heavy atom. The van der Waals surface area contributed by atoms with Crippen molar-refractivity contribution in [3.63, 3.8) is 0 Å². The van der Waals surface area contributed by atoms with Crippen molar-refractivity contribution in [1.82, 2.24) is 20.4 Å². The standard InChI is InChI=1S/C13H18N4OS/c1-10(12-4-3-7-19-12)16-13(18)14-6-5-11-8-15-17(2)9-11/h3-4,7-10H,5-6H2,1-2H3,(H2,14,16,18). The lowest BCUT2D eigenvalue weighted by Gasteiger charge is -2.12. The highest BCUT2D eigenvalue weighted by molar-refractivity contribution is 7.10. The average Bonchev–Trinajstić information content (AvgIpc) is 3.00. The maximum Gasteiger partial charge on any atom is 0.315 e. The number of urea groups is 1. The van der Waals surface area contributed by atoms with Crippen LogP contribution in [0.1, 0.15) is 23.4 Å². The zero-order valence-corrected chi connectivity index (χ0v) is 11.9. The second-order valence-corrected chi connectivity index (χ2v) is 5.39. The second kappa shape index (κ2) is 6.38. The summed E-state index contributed by atoms with van der Waals surface area (Å²) in [7, 11) is 1.88. The summed E-state index contributed by atoms with van der Waals surface area (Å²) in [4.78, 5) is 12.9. The van der Waals surface area contributed by atoms with Crippen LogP contribution in [-0.2, 0) is 13.5 Å². The van der Waals surface area contributed by atoms with Crippen LogP contribution in [0.4, 0.5) is 4.79 Å². The maximum atomic E-state index is 11.7. The van der Waals surface area contributed by atoms with Gasteiger partial charge in [-0.2, -0.15) is 5.10 Å². The van der Waals surface area contributed by atoms with Crippen LogP contribution in [0.15, 0.2) is 29.9 Å². The topological polar surface area (TPSA) is 59.0 Å². The number of nitrogens with one attached hydrogen (secondary N) is 2. The monoisotopic (exact) mass is 278 g/mol. The van der Waals surface area contributed by atoms with Crippen molar-refractivity contribution in [2.45, 2.75) is 19.4 Å². The highest BCUT2D eigenvalue weighted by Crippen LogP contribution is 2.17. The van der Waals surface area contributed by atoms with Crippen LogP contribution in [0.25, 0.3) is 0 Å². The molecule has 0 aliphatic heterocycles. The number of nitrogens with zero attached hydrogens (tertiary/aromatic N) is 2.